The lowest BCUT2D eigenvalue weighted by molar-refractivity contribution is 0.0600. The number of carbonyl (C=O) groups is 1. The summed E-state index contributed by atoms with van der Waals surface area (Å²) >= 11 is 0. The van der Waals surface area contributed by atoms with E-state index in [2.05, 4.69) is 6.58 Å². The fraction of sp³-hybridized carbons (Fsp3) is 0.471. The number of rotatable bonds is 5. The Balaban J connectivity index is 2.07. The van der Waals surface area contributed by atoms with Gasteiger partial charge >= 0.3 is 5.97 Å². The molecule has 1 aliphatic carbocycles. The lowest BCUT2D eigenvalue weighted by Crippen LogP contribution is -2.15. The zero-order valence-electron chi connectivity index (χ0n) is 12.1. The van der Waals surface area contributed by atoms with E-state index in [1.807, 2.05) is 6.07 Å². The van der Waals surface area contributed by atoms with E-state index in [9.17, 15) is 4.79 Å². The summed E-state index contributed by atoms with van der Waals surface area (Å²) < 4.78 is 10.7. The van der Waals surface area contributed by atoms with Gasteiger partial charge in [-0.3, -0.25) is 0 Å². The molecule has 1 aromatic rings. The van der Waals surface area contributed by atoms with Crippen molar-refractivity contribution in [2.24, 2.45) is 5.92 Å². The van der Waals surface area contributed by atoms with Crippen molar-refractivity contribution < 1.29 is 14.3 Å². The Morgan fingerprint density at radius 2 is 2.10 bits per heavy atom. The zero-order valence-corrected chi connectivity index (χ0v) is 12.1. The van der Waals surface area contributed by atoms with Crippen LogP contribution in [0.2, 0.25) is 0 Å². The third kappa shape index (κ3) is 3.62. The summed E-state index contributed by atoms with van der Waals surface area (Å²) in [4.78, 5) is 11.6. The van der Waals surface area contributed by atoms with Crippen LogP contribution in [0.5, 0.6) is 5.75 Å². The number of esters is 1. The van der Waals surface area contributed by atoms with Gasteiger partial charge in [-0.2, -0.15) is 0 Å². The van der Waals surface area contributed by atoms with Gasteiger partial charge < -0.3 is 9.47 Å². The van der Waals surface area contributed by atoms with Crippen molar-refractivity contribution in [1.82, 2.24) is 0 Å². The molecule has 0 atom stereocenters. The van der Waals surface area contributed by atoms with Crippen molar-refractivity contribution in [3.8, 4) is 5.75 Å². The van der Waals surface area contributed by atoms with Crippen LogP contribution in [0.25, 0.3) is 6.08 Å². The maximum Gasteiger partial charge on any atom is 0.337 e. The van der Waals surface area contributed by atoms with Gasteiger partial charge in [-0.25, -0.2) is 4.79 Å². The second-order valence-electron chi connectivity index (χ2n) is 5.26. The van der Waals surface area contributed by atoms with Crippen LogP contribution in [0.3, 0.4) is 0 Å². The van der Waals surface area contributed by atoms with Gasteiger partial charge in [0.15, 0.2) is 0 Å². The highest BCUT2D eigenvalue weighted by Gasteiger charge is 2.15. The van der Waals surface area contributed by atoms with Gasteiger partial charge in [-0.05, 0) is 30.9 Å². The molecule has 1 aromatic carbocycles. The molecule has 0 radical (unpaired) electrons. The summed E-state index contributed by atoms with van der Waals surface area (Å²) in [5, 5.41) is 0. The SMILES string of the molecule is C=Cc1ccc(C(=O)OC)cc1OCC1CCCCC1. The van der Waals surface area contributed by atoms with Crippen molar-refractivity contribution in [2.45, 2.75) is 32.1 Å². The molecule has 0 aromatic heterocycles. The molecule has 0 heterocycles. The number of hydrogen-bond acceptors (Lipinski definition) is 3. The van der Waals surface area contributed by atoms with Crippen LogP contribution in [-0.2, 0) is 4.74 Å². The predicted molar refractivity (Wildman–Crippen MR) is 79.9 cm³/mol. The third-order valence-corrected chi connectivity index (χ3v) is 3.85. The Bertz CT molecular complexity index is 473. The molecule has 1 aliphatic rings. The average molecular weight is 274 g/mol. The second-order valence-corrected chi connectivity index (χ2v) is 5.26. The Hall–Kier alpha value is -1.77. The number of methoxy groups -OCH3 is 1. The Morgan fingerprint density at radius 3 is 2.75 bits per heavy atom. The molecule has 0 aliphatic heterocycles. The second kappa shape index (κ2) is 7.13. The first-order valence-electron chi connectivity index (χ1n) is 7.22. The maximum atomic E-state index is 11.6. The topological polar surface area (TPSA) is 35.5 Å². The molecule has 0 spiro atoms. The van der Waals surface area contributed by atoms with E-state index in [4.69, 9.17) is 9.47 Å². The number of hydrogen-bond donors (Lipinski definition) is 0. The van der Waals surface area contributed by atoms with Crippen LogP contribution in [0.1, 0.15) is 48.0 Å². The maximum absolute atomic E-state index is 11.6. The van der Waals surface area contributed by atoms with Crippen LogP contribution >= 0.6 is 0 Å². The molecule has 2 rings (SSSR count). The Morgan fingerprint density at radius 1 is 1.35 bits per heavy atom. The first kappa shape index (κ1) is 14.6. The lowest BCUT2D eigenvalue weighted by atomic mass is 9.90. The molecule has 0 amide bonds. The molecular weight excluding hydrogens is 252 g/mol. The molecule has 3 nitrogen and oxygen atoms in total. The Labute approximate surface area is 120 Å². The van der Waals surface area contributed by atoms with Crippen LogP contribution in [-0.4, -0.2) is 19.7 Å². The summed E-state index contributed by atoms with van der Waals surface area (Å²) in [5.41, 5.74) is 1.42. The summed E-state index contributed by atoms with van der Waals surface area (Å²) in [6.45, 7) is 4.50. The molecule has 20 heavy (non-hydrogen) atoms. The number of carbonyl (C=O) groups excluding carboxylic acids is 1. The molecule has 1 fully saturated rings. The van der Waals surface area contributed by atoms with E-state index in [0.29, 0.717) is 23.8 Å². The van der Waals surface area contributed by atoms with Crippen LogP contribution in [0.15, 0.2) is 24.8 Å². The zero-order chi connectivity index (χ0) is 14.4. The molecule has 0 N–H and O–H groups in total. The normalized spacial score (nSPS) is 15.7. The van der Waals surface area contributed by atoms with Crippen LogP contribution < -0.4 is 4.74 Å². The summed E-state index contributed by atoms with van der Waals surface area (Å²) in [6, 6.07) is 5.32. The van der Waals surface area contributed by atoms with Crippen LogP contribution in [0, 0.1) is 5.92 Å². The van der Waals surface area contributed by atoms with Crippen molar-refractivity contribution in [2.75, 3.05) is 13.7 Å². The van der Waals surface area contributed by atoms with E-state index in [0.717, 1.165) is 5.56 Å². The van der Waals surface area contributed by atoms with Gasteiger partial charge in [0.05, 0.1) is 19.3 Å². The largest absolute Gasteiger partial charge is 0.493 e. The van der Waals surface area contributed by atoms with Gasteiger partial charge in [0, 0.05) is 5.56 Å². The quantitative estimate of drug-likeness (QED) is 0.759. The van der Waals surface area contributed by atoms with Crippen molar-refractivity contribution in [3.63, 3.8) is 0 Å². The lowest BCUT2D eigenvalue weighted by Gasteiger charge is -2.22. The summed E-state index contributed by atoms with van der Waals surface area (Å²) in [5.74, 6) is 1.000. The Kier molecular flexibility index (Phi) is 5.22. The molecule has 0 unspecified atom stereocenters. The smallest absolute Gasteiger partial charge is 0.337 e. The van der Waals surface area contributed by atoms with Crippen molar-refractivity contribution in [1.29, 1.82) is 0 Å². The third-order valence-electron chi connectivity index (χ3n) is 3.85. The van der Waals surface area contributed by atoms with Gasteiger partial charge in [-0.15, -0.1) is 0 Å². The minimum absolute atomic E-state index is 0.344. The highest BCUT2D eigenvalue weighted by Crippen LogP contribution is 2.27. The monoisotopic (exact) mass is 274 g/mol. The van der Waals surface area contributed by atoms with Gasteiger partial charge in [-0.1, -0.05) is 38.0 Å². The standard InChI is InChI=1S/C17H22O3/c1-3-14-9-10-15(17(18)19-2)11-16(14)20-12-13-7-5-4-6-8-13/h3,9-11,13H,1,4-8,12H2,2H3. The van der Waals surface area contributed by atoms with E-state index < -0.39 is 0 Å². The fourth-order valence-electron chi connectivity index (χ4n) is 2.63. The minimum Gasteiger partial charge on any atom is -0.493 e. The molecule has 0 saturated heterocycles. The minimum atomic E-state index is -0.344. The summed E-state index contributed by atoms with van der Waals surface area (Å²) in [7, 11) is 1.38. The average Bonchev–Trinajstić information content (AvgIpc) is 2.52. The fourth-order valence-corrected chi connectivity index (χ4v) is 2.63. The molecule has 108 valence electrons. The van der Waals surface area contributed by atoms with E-state index >= 15 is 0 Å². The highest BCUT2D eigenvalue weighted by atomic mass is 16.5. The van der Waals surface area contributed by atoms with Crippen LogP contribution in [0.4, 0.5) is 0 Å². The van der Waals surface area contributed by atoms with Crippen molar-refractivity contribution >= 4 is 12.0 Å². The van der Waals surface area contributed by atoms with E-state index in [1.54, 1.807) is 18.2 Å². The summed E-state index contributed by atoms with van der Waals surface area (Å²) in [6.07, 6.45) is 8.15. The van der Waals surface area contributed by atoms with Gasteiger partial charge in [0.25, 0.3) is 0 Å². The molecule has 3 heteroatoms. The number of ether oxygens (including phenoxy) is 2. The highest BCUT2D eigenvalue weighted by molar-refractivity contribution is 5.90. The molecule has 1 saturated carbocycles. The van der Waals surface area contributed by atoms with E-state index in [1.165, 1.54) is 39.2 Å². The first-order valence-corrected chi connectivity index (χ1v) is 7.22. The van der Waals surface area contributed by atoms with Gasteiger partial charge in [0.1, 0.15) is 5.75 Å². The molecule has 0 bridgehead atoms. The molecular formula is C17H22O3. The number of benzene rings is 1. The van der Waals surface area contributed by atoms with Crippen molar-refractivity contribution in [3.05, 3.63) is 35.9 Å². The van der Waals surface area contributed by atoms with E-state index in [-0.39, 0.29) is 5.97 Å². The predicted octanol–water partition coefficient (Wildman–Crippen LogP) is 4.08. The first-order chi connectivity index (χ1) is 9.74. The van der Waals surface area contributed by atoms with Gasteiger partial charge in [0.2, 0.25) is 0 Å².